The molecule has 1 aromatic carbocycles. The van der Waals surface area contributed by atoms with Gasteiger partial charge in [-0.3, -0.25) is 4.21 Å². The van der Waals surface area contributed by atoms with Gasteiger partial charge in [0.1, 0.15) is 5.52 Å². The summed E-state index contributed by atoms with van der Waals surface area (Å²) in [6.45, 7) is 0. The summed E-state index contributed by atoms with van der Waals surface area (Å²) in [5.41, 5.74) is 1.27. The number of hydrogen-bond donors (Lipinski definition) is 0. The van der Waals surface area contributed by atoms with Gasteiger partial charge in [-0.15, -0.1) is 11.6 Å². The SMILES string of the molecule is O=S([O-])C(CCCCl)c1nc2ccccc2o1. The summed E-state index contributed by atoms with van der Waals surface area (Å²) in [5, 5.41) is -0.721. The van der Waals surface area contributed by atoms with Crippen LogP contribution in [0.5, 0.6) is 0 Å². The minimum absolute atomic E-state index is 0.240. The Morgan fingerprint density at radius 1 is 1.47 bits per heavy atom. The molecule has 0 N–H and O–H groups in total. The van der Waals surface area contributed by atoms with Gasteiger partial charge < -0.3 is 8.97 Å². The average Bonchev–Trinajstić information content (AvgIpc) is 2.72. The molecular weight excluding hydrogens is 262 g/mol. The summed E-state index contributed by atoms with van der Waals surface area (Å²) < 4.78 is 27.7. The summed E-state index contributed by atoms with van der Waals surface area (Å²) in [6, 6.07) is 7.20. The van der Waals surface area contributed by atoms with Gasteiger partial charge in [-0.1, -0.05) is 12.1 Å². The second kappa shape index (κ2) is 5.62. The van der Waals surface area contributed by atoms with Crippen LogP contribution in [0.3, 0.4) is 0 Å². The maximum absolute atomic E-state index is 11.1. The van der Waals surface area contributed by atoms with E-state index in [1.807, 2.05) is 12.1 Å². The van der Waals surface area contributed by atoms with Crippen molar-refractivity contribution in [2.75, 3.05) is 5.88 Å². The number of alkyl halides is 1. The van der Waals surface area contributed by atoms with Crippen molar-refractivity contribution in [1.82, 2.24) is 4.98 Å². The molecule has 1 heterocycles. The van der Waals surface area contributed by atoms with Crippen molar-refractivity contribution >= 4 is 33.8 Å². The Labute approximate surface area is 106 Å². The van der Waals surface area contributed by atoms with E-state index in [1.165, 1.54) is 0 Å². The standard InChI is InChI=1S/C11H12ClNO3S/c12-7-3-6-10(17(14)15)11-13-8-4-1-2-5-9(8)16-11/h1-2,4-5,10H,3,6-7H2,(H,14,15)/p-1. The monoisotopic (exact) mass is 272 g/mol. The second-order valence-electron chi connectivity index (χ2n) is 3.60. The van der Waals surface area contributed by atoms with Gasteiger partial charge >= 0.3 is 0 Å². The van der Waals surface area contributed by atoms with Crippen LogP contribution in [0.4, 0.5) is 0 Å². The number of hydrogen-bond acceptors (Lipinski definition) is 4. The van der Waals surface area contributed by atoms with Gasteiger partial charge in [0, 0.05) is 5.88 Å². The molecule has 0 radical (unpaired) electrons. The Morgan fingerprint density at radius 2 is 2.24 bits per heavy atom. The van der Waals surface area contributed by atoms with E-state index >= 15 is 0 Å². The Bertz CT molecular complexity index is 495. The number of aromatic nitrogens is 1. The summed E-state index contributed by atoms with van der Waals surface area (Å²) >= 11 is 3.32. The first-order valence-electron chi connectivity index (χ1n) is 5.22. The number of fused-ring (bicyclic) bond motifs is 1. The molecule has 2 rings (SSSR count). The van der Waals surface area contributed by atoms with E-state index in [0.29, 0.717) is 29.8 Å². The summed E-state index contributed by atoms with van der Waals surface area (Å²) in [6.07, 6.45) is 1.03. The molecule has 0 spiro atoms. The third kappa shape index (κ3) is 2.86. The highest BCUT2D eigenvalue weighted by molar-refractivity contribution is 7.79. The first-order valence-corrected chi connectivity index (χ1v) is 6.89. The Hall–Kier alpha value is -0.910. The maximum Gasteiger partial charge on any atom is 0.210 e. The number of oxazole rings is 1. The van der Waals surface area contributed by atoms with Gasteiger partial charge in [0.25, 0.3) is 0 Å². The highest BCUT2D eigenvalue weighted by Crippen LogP contribution is 2.27. The first-order chi connectivity index (χ1) is 8.22. The highest BCUT2D eigenvalue weighted by Gasteiger charge is 2.18. The molecule has 2 unspecified atom stereocenters. The van der Waals surface area contributed by atoms with Crippen molar-refractivity contribution < 1.29 is 13.2 Å². The van der Waals surface area contributed by atoms with Gasteiger partial charge in [0.2, 0.25) is 5.89 Å². The van der Waals surface area contributed by atoms with Gasteiger partial charge in [0.05, 0.1) is 5.25 Å². The van der Waals surface area contributed by atoms with Crippen LogP contribution in [-0.2, 0) is 11.1 Å². The van der Waals surface area contributed by atoms with Crippen molar-refractivity contribution in [1.29, 1.82) is 0 Å². The molecule has 17 heavy (non-hydrogen) atoms. The van der Waals surface area contributed by atoms with Crippen LogP contribution in [0.15, 0.2) is 28.7 Å². The third-order valence-corrected chi connectivity index (χ3v) is 3.59. The van der Waals surface area contributed by atoms with Gasteiger partial charge in [0.15, 0.2) is 5.58 Å². The average molecular weight is 273 g/mol. The predicted octanol–water partition coefficient (Wildman–Crippen LogP) is 2.77. The molecule has 0 aliphatic rings. The maximum atomic E-state index is 11.1. The lowest BCUT2D eigenvalue weighted by Crippen LogP contribution is -2.06. The van der Waals surface area contributed by atoms with E-state index in [-0.39, 0.29) is 5.89 Å². The van der Waals surface area contributed by atoms with Crippen LogP contribution in [0.25, 0.3) is 11.1 Å². The lowest BCUT2D eigenvalue weighted by molar-refractivity contribution is 0.470. The largest absolute Gasteiger partial charge is 0.772 e. The lowest BCUT2D eigenvalue weighted by Gasteiger charge is -2.15. The fraction of sp³-hybridized carbons (Fsp3) is 0.364. The Balaban J connectivity index is 2.31. The van der Waals surface area contributed by atoms with Gasteiger partial charge in [-0.2, -0.15) is 0 Å². The molecular formula is C11H11ClNO3S-. The fourth-order valence-electron chi connectivity index (χ4n) is 1.59. The van der Waals surface area contributed by atoms with E-state index in [0.717, 1.165) is 0 Å². The van der Waals surface area contributed by atoms with Gasteiger partial charge in [-0.25, -0.2) is 4.98 Å². The number of halogens is 1. The van der Waals surface area contributed by atoms with Crippen molar-refractivity contribution in [2.24, 2.45) is 0 Å². The highest BCUT2D eigenvalue weighted by atomic mass is 35.5. The van der Waals surface area contributed by atoms with Crippen molar-refractivity contribution in [2.45, 2.75) is 18.1 Å². The second-order valence-corrected chi connectivity index (χ2v) is 5.07. The van der Waals surface area contributed by atoms with E-state index < -0.39 is 16.3 Å². The molecule has 0 saturated carbocycles. The fourth-order valence-corrected chi connectivity index (χ4v) is 2.37. The predicted molar refractivity (Wildman–Crippen MR) is 65.6 cm³/mol. The summed E-state index contributed by atoms with van der Waals surface area (Å²) in [7, 11) is 0. The Kier molecular flexibility index (Phi) is 4.15. The molecule has 2 atom stereocenters. The van der Waals surface area contributed by atoms with Crippen molar-refractivity contribution in [3.05, 3.63) is 30.2 Å². The molecule has 1 aromatic heterocycles. The zero-order valence-corrected chi connectivity index (χ0v) is 10.5. The number of nitrogens with zero attached hydrogens (tertiary/aromatic N) is 1. The summed E-state index contributed by atoms with van der Waals surface area (Å²) in [5.74, 6) is 0.665. The zero-order valence-electron chi connectivity index (χ0n) is 8.97. The minimum atomic E-state index is -2.25. The molecule has 0 aliphatic heterocycles. The van der Waals surface area contributed by atoms with Crippen LogP contribution >= 0.6 is 11.6 Å². The summed E-state index contributed by atoms with van der Waals surface area (Å²) in [4.78, 5) is 4.18. The van der Waals surface area contributed by atoms with E-state index in [1.54, 1.807) is 12.1 Å². The van der Waals surface area contributed by atoms with Crippen LogP contribution in [0, 0.1) is 0 Å². The van der Waals surface area contributed by atoms with Crippen LogP contribution in [0.1, 0.15) is 24.0 Å². The molecule has 0 fully saturated rings. The minimum Gasteiger partial charge on any atom is -0.772 e. The number of benzene rings is 1. The lowest BCUT2D eigenvalue weighted by atomic mass is 10.2. The molecule has 6 heteroatoms. The third-order valence-electron chi connectivity index (χ3n) is 2.42. The van der Waals surface area contributed by atoms with Gasteiger partial charge in [-0.05, 0) is 36.1 Å². The first kappa shape index (κ1) is 12.5. The van der Waals surface area contributed by atoms with Crippen molar-refractivity contribution in [3.63, 3.8) is 0 Å². The molecule has 0 aliphatic carbocycles. The zero-order chi connectivity index (χ0) is 12.3. The number of rotatable bonds is 5. The molecule has 4 nitrogen and oxygen atoms in total. The smallest absolute Gasteiger partial charge is 0.210 e. The van der Waals surface area contributed by atoms with Crippen LogP contribution < -0.4 is 0 Å². The van der Waals surface area contributed by atoms with Crippen molar-refractivity contribution in [3.8, 4) is 0 Å². The van der Waals surface area contributed by atoms with E-state index in [4.69, 9.17) is 16.0 Å². The van der Waals surface area contributed by atoms with E-state index in [2.05, 4.69) is 4.98 Å². The van der Waals surface area contributed by atoms with Crippen LogP contribution in [-0.4, -0.2) is 19.6 Å². The number of para-hydroxylation sites is 2. The van der Waals surface area contributed by atoms with Crippen LogP contribution in [0.2, 0.25) is 0 Å². The Morgan fingerprint density at radius 3 is 2.88 bits per heavy atom. The molecule has 2 aromatic rings. The topological polar surface area (TPSA) is 66.2 Å². The van der Waals surface area contributed by atoms with E-state index in [9.17, 15) is 8.76 Å². The molecule has 0 amide bonds. The quantitative estimate of drug-likeness (QED) is 0.620. The molecule has 92 valence electrons. The molecule has 0 bridgehead atoms. The molecule has 0 saturated heterocycles. The normalized spacial score (nSPS) is 14.9.